The van der Waals surface area contributed by atoms with E-state index in [1.54, 1.807) is 0 Å². The van der Waals surface area contributed by atoms with E-state index in [1.807, 2.05) is 18.2 Å². The Morgan fingerprint density at radius 1 is 1.22 bits per heavy atom. The number of thioether (sulfide) groups is 1. The number of hydrogen-bond acceptors (Lipinski definition) is 4. The van der Waals surface area contributed by atoms with Crippen LogP contribution < -0.4 is 10.4 Å². The molecule has 1 heterocycles. The van der Waals surface area contributed by atoms with Crippen molar-refractivity contribution in [3.05, 3.63) is 48.0 Å². The molecule has 0 amide bonds. The van der Waals surface area contributed by atoms with E-state index in [0.29, 0.717) is 0 Å². The summed E-state index contributed by atoms with van der Waals surface area (Å²) in [5, 5.41) is 15.7. The molecule has 2 aromatic carbocycles. The van der Waals surface area contributed by atoms with Crippen molar-refractivity contribution in [2.75, 3.05) is 5.75 Å². The highest BCUT2D eigenvalue weighted by Crippen LogP contribution is 2.32. The average Bonchev–Trinajstić information content (AvgIpc) is 2.87. The second-order valence-corrected chi connectivity index (χ2v) is 5.46. The van der Waals surface area contributed by atoms with Gasteiger partial charge in [0, 0.05) is 11.8 Å². The molecule has 0 aromatic heterocycles. The maximum Gasteiger partial charge on any atom is 0.0940 e. The van der Waals surface area contributed by atoms with E-state index >= 15 is 0 Å². The Hall–Kier alpha value is -1.52. The van der Waals surface area contributed by atoms with Gasteiger partial charge in [0.15, 0.2) is 0 Å². The van der Waals surface area contributed by atoms with Crippen LogP contribution in [-0.2, 0) is 4.79 Å². The largest absolute Gasteiger partial charge is 0.547 e. The van der Waals surface area contributed by atoms with Gasteiger partial charge in [-0.3, -0.25) is 5.32 Å². The van der Waals surface area contributed by atoms with E-state index in [4.69, 9.17) is 0 Å². The SMILES string of the molecule is O=C([O-])C1NC(c2cccc3ccccc23)CS1. The highest BCUT2D eigenvalue weighted by molar-refractivity contribution is 8.00. The van der Waals surface area contributed by atoms with Crippen LogP contribution in [0.5, 0.6) is 0 Å². The van der Waals surface area contributed by atoms with Crippen molar-refractivity contribution in [1.29, 1.82) is 0 Å². The van der Waals surface area contributed by atoms with E-state index in [-0.39, 0.29) is 6.04 Å². The van der Waals surface area contributed by atoms with Crippen LogP contribution in [0.25, 0.3) is 10.8 Å². The third-order valence-electron chi connectivity index (χ3n) is 3.19. The molecule has 0 spiro atoms. The summed E-state index contributed by atoms with van der Waals surface area (Å²) in [4.78, 5) is 10.8. The van der Waals surface area contributed by atoms with Gasteiger partial charge >= 0.3 is 0 Å². The Bertz CT molecular complexity index is 594. The summed E-state index contributed by atoms with van der Waals surface area (Å²) >= 11 is 1.39. The summed E-state index contributed by atoms with van der Waals surface area (Å²) in [6, 6.07) is 14.4. The molecule has 1 fully saturated rings. The maximum absolute atomic E-state index is 10.8. The first kappa shape index (κ1) is 11.6. The topological polar surface area (TPSA) is 52.2 Å². The minimum atomic E-state index is -1.04. The lowest BCUT2D eigenvalue weighted by molar-refractivity contribution is -0.305. The van der Waals surface area contributed by atoms with Crippen molar-refractivity contribution in [2.45, 2.75) is 11.4 Å². The number of carbonyl (C=O) groups excluding carboxylic acids is 1. The highest BCUT2D eigenvalue weighted by atomic mass is 32.2. The summed E-state index contributed by atoms with van der Waals surface area (Å²) < 4.78 is 0. The first-order valence-electron chi connectivity index (χ1n) is 5.82. The number of nitrogens with one attached hydrogen (secondary N) is 1. The average molecular weight is 258 g/mol. The van der Waals surface area contributed by atoms with E-state index in [2.05, 4.69) is 29.6 Å². The minimum Gasteiger partial charge on any atom is -0.547 e. The molecule has 3 nitrogen and oxygen atoms in total. The third-order valence-corrected chi connectivity index (χ3v) is 4.38. The number of benzene rings is 2. The van der Waals surface area contributed by atoms with Gasteiger partial charge in [-0.15, -0.1) is 11.8 Å². The maximum atomic E-state index is 10.8. The molecule has 0 aliphatic carbocycles. The molecule has 0 bridgehead atoms. The minimum absolute atomic E-state index is 0.0731. The number of carboxylic acids is 1. The molecule has 0 saturated carbocycles. The Morgan fingerprint density at radius 2 is 2.00 bits per heavy atom. The molecule has 0 radical (unpaired) electrons. The van der Waals surface area contributed by atoms with Crippen LogP contribution in [0.3, 0.4) is 0 Å². The van der Waals surface area contributed by atoms with Crippen LogP contribution in [-0.4, -0.2) is 17.1 Å². The van der Waals surface area contributed by atoms with Crippen molar-refractivity contribution < 1.29 is 9.90 Å². The lowest BCUT2D eigenvalue weighted by atomic mass is 10.00. The lowest BCUT2D eigenvalue weighted by Crippen LogP contribution is -2.40. The fraction of sp³-hybridized carbons (Fsp3) is 0.214. The molecule has 2 unspecified atom stereocenters. The van der Waals surface area contributed by atoms with Gasteiger partial charge in [0.1, 0.15) is 0 Å². The Labute approximate surface area is 109 Å². The monoisotopic (exact) mass is 258 g/mol. The number of carboxylic acid groups (broad SMARTS) is 1. The molecular formula is C14H12NO2S-. The van der Waals surface area contributed by atoms with Crippen LogP contribution in [0.15, 0.2) is 42.5 Å². The number of aliphatic carboxylic acids is 1. The predicted octanol–water partition coefficient (Wildman–Crippen LogP) is 1.29. The Kier molecular flexibility index (Phi) is 2.97. The molecule has 1 N–H and O–H groups in total. The van der Waals surface area contributed by atoms with Gasteiger partial charge in [0.2, 0.25) is 0 Å². The van der Waals surface area contributed by atoms with E-state index in [9.17, 15) is 9.90 Å². The summed E-state index contributed by atoms with van der Waals surface area (Å²) in [6.07, 6.45) is 0. The van der Waals surface area contributed by atoms with Crippen LogP contribution in [0.2, 0.25) is 0 Å². The first-order valence-corrected chi connectivity index (χ1v) is 6.87. The first-order chi connectivity index (χ1) is 8.75. The second kappa shape index (κ2) is 4.63. The van der Waals surface area contributed by atoms with Crippen LogP contribution >= 0.6 is 11.8 Å². The van der Waals surface area contributed by atoms with Crippen LogP contribution in [0, 0.1) is 0 Å². The van der Waals surface area contributed by atoms with Crippen LogP contribution in [0.4, 0.5) is 0 Å². The van der Waals surface area contributed by atoms with Crippen molar-refractivity contribution in [1.82, 2.24) is 5.32 Å². The fourth-order valence-electron chi connectivity index (χ4n) is 2.34. The summed E-state index contributed by atoms with van der Waals surface area (Å²) in [6.45, 7) is 0. The van der Waals surface area contributed by atoms with Gasteiger partial charge in [0.05, 0.1) is 11.3 Å². The molecule has 92 valence electrons. The zero-order valence-electron chi connectivity index (χ0n) is 9.63. The van der Waals surface area contributed by atoms with Crippen molar-refractivity contribution in [3.8, 4) is 0 Å². The zero-order chi connectivity index (χ0) is 12.5. The van der Waals surface area contributed by atoms with Gasteiger partial charge < -0.3 is 9.90 Å². The number of fused-ring (bicyclic) bond motifs is 1. The van der Waals surface area contributed by atoms with E-state index < -0.39 is 11.3 Å². The van der Waals surface area contributed by atoms with Gasteiger partial charge in [-0.05, 0) is 16.3 Å². The van der Waals surface area contributed by atoms with Crippen molar-refractivity contribution in [3.63, 3.8) is 0 Å². The highest BCUT2D eigenvalue weighted by Gasteiger charge is 2.26. The van der Waals surface area contributed by atoms with Gasteiger partial charge in [-0.1, -0.05) is 42.5 Å². The summed E-state index contributed by atoms with van der Waals surface area (Å²) in [5.74, 6) is -0.283. The van der Waals surface area contributed by atoms with Gasteiger partial charge in [0.25, 0.3) is 0 Å². The van der Waals surface area contributed by atoms with Crippen molar-refractivity contribution >= 4 is 28.5 Å². The van der Waals surface area contributed by atoms with Crippen LogP contribution in [0.1, 0.15) is 11.6 Å². The quantitative estimate of drug-likeness (QED) is 0.882. The Morgan fingerprint density at radius 3 is 2.78 bits per heavy atom. The standard InChI is InChI=1S/C14H13NO2S/c16-14(17)13-15-12(8-18-13)11-7-3-5-9-4-1-2-6-10(9)11/h1-7,12-13,15H,8H2,(H,16,17)/p-1. The van der Waals surface area contributed by atoms with E-state index in [0.717, 1.165) is 11.3 Å². The predicted molar refractivity (Wildman–Crippen MR) is 71.1 cm³/mol. The molecule has 18 heavy (non-hydrogen) atoms. The second-order valence-electron chi connectivity index (χ2n) is 4.32. The lowest BCUT2D eigenvalue weighted by Gasteiger charge is -2.16. The molecule has 1 aliphatic heterocycles. The van der Waals surface area contributed by atoms with E-state index in [1.165, 1.54) is 22.5 Å². The van der Waals surface area contributed by atoms with Gasteiger partial charge in [-0.2, -0.15) is 0 Å². The molecular weight excluding hydrogens is 246 g/mol. The molecule has 2 atom stereocenters. The number of carbonyl (C=O) groups is 1. The fourth-order valence-corrected chi connectivity index (χ4v) is 3.40. The molecule has 3 rings (SSSR count). The molecule has 1 saturated heterocycles. The smallest absolute Gasteiger partial charge is 0.0940 e. The normalized spacial score (nSPS) is 23.3. The van der Waals surface area contributed by atoms with Crippen molar-refractivity contribution in [2.24, 2.45) is 0 Å². The zero-order valence-corrected chi connectivity index (χ0v) is 10.4. The number of hydrogen-bond donors (Lipinski definition) is 1. The third kappa shape index (κ3) is 1.98. The molecule has 2 aromatic rings. The molecule has 4 heteroatoms. The Balaban J connectivity index is 1.98. The van der Waals surface area contributed by atoms with Gasteiger partial charge in [-0.25, -0.2) is 0 Å². The molecule has 1 aliphatic rings. The summed E-state index contributed by atoms with van der Waals surface area (Å²) in [7, 11) is 0. The number of rotatable bonds is 2. The summed E-state index contributed by atoms with van der Waals surface area (Å²) in [5.41, 5.74) is 1.16.